The fourth-order valence-electron chi connectivity index (χ4n) is 1.38. The average Bonchev–Trinajstić information content (AvgIpc) is 2.31. The SMILES string of the molecule is CC(C)COCc1c(F)c(F)c(CO)c(F)c1F. The smallest absolute Gasteiger partial charge is 0.167 e. The number of hydrogen-bond donors (Lipinski definition) is 1. The maximum Gasteiger partial charge on any atom is 0.167 e. The normalized spacial score (nSPS) is 11.3. The van der Waals surface area contributed by atoms with Gasteiger partial charge in [0.2, 0.25) is 0 Å². The molecular formula is C12H14F4O2. The van der Waals surface area contributed by atoms with E-state index in [4.69, 9.17) is 9.84 Å². The molecule has 18 heavy (non-hydrogen) atoms. The number of ether oxygens (including phenoxy) is 1. The molecule has 6 heteroatoms. The van der Waals surface area contributed by atoms with E-state index in [9.17, 15) is 17.6 Å². The largest absolute Gasteiger partial charge is 0.391 e. The lowest BCUT2D eigenvalue weighted by atomic mass is 10.1. The Balaban J connectivity index is 3.05. The molecule has 1 rings (SSSR count). The van der Waals surface area contributed by atoms with Gasteiger partial charge in [0.25, 0.3) is 0 Å². The summed E-state index contributed by atoms with van der Waals surface area (Å²) in [6.45, 7) is 2.18. The van der Waals surface area contributed by atoms with Gasteiger partial charge in [0.05, 0.1) is 24.3 Å². The predicted octanol–water partition coefficient (Wildman–Crippen LogP) is 2.91. The minimum Gasteiger partial charge on any atom is -0.391 e. The fraction of sp³-hybridized carbons (Fsp3) is 0.500. The van der Waals surface area contributed by atoms with E-state index in [-0.39, 0.29) is 12.5 Å². The highest BCUT2D eigenvalue weighted by Gasteiger charge is 2.24. The molecule has 0 saturated carbocycles. The maximum atomic E-state index is 13.4. The van der Waals surface area contributed by atoms with Gasteiger partial charge in [-0.3, -0.25) is 0 Å². The van der Waals surface area contributed by atoms with Crippen LogP contribution in [0.15, 0.2) is 0 Å². The molecule has 0 aliphatic heterocycles. The highest BCUT2D eigenvalue weighted by molar-refractivity contribution is 5.29. The third-order valence-electron chi connectivity index (χ3n) is 2.30. The molecule has 2 nitrogen and oxygen atoms in total. The first-order valence-corrected chi connectivity index (χ1v) is 5.42. The Labute approximate surface area is 102 Å². The molecule has 0 heterocycles. The lowest BCUT2D eigenvalue weighted by Crippen LogP contribution is -2.11. The molecule has 102 valence electrons. The number of aliphatic hydroxyl groups excluding tert-OH is 1. The second-order valence-electron chi connectivity index (χ2n) is 4.28. The van der Waals surface area contributed by atoms with Gasteiger partial charge >= 0.3 is 0 Å². The number of hydrogen-bond acceptors (Lipinski definition) is 2. The monoisotopic (exact) mass is 266 g/mol. The summed E-state index contributed by atoms with van der Waals surface area (Å²) in [5.41, 5.74) is -1.82. The van der Waals surface area contributed by atoms with Crippen LogP contribution in [0.2, 0.25) is 0 Å². The van der Waals surface area contributed by atoms with Gasteiger partial charge in [0.1, 0.15) is 0 Å². The molecule has 0 aromatic heterocycles. The first-order chi connectivity index (χ1) is 8.40. The average molecular weight is 266 g/mol. The molecule has 0 bridgehead atoms. The maximum absolute atomic E-state index is 13.4. The van der Waals surface area contributed by atoms with E-state index < -0.39 is 47.6 Å². The molecule has 0 radical (unpaired) electrons. The van der Waals surface area contributed by atoms with Crippen LogP contribution in [0.5, 0.6) is 0 Å². The van der Waals surface area contributed by atoms with Crippen molar-refractivity contribution in [3.05, 3.63) is 34.4 Å². The minimum absolute atomic E-state index is 0.127. The lowest BCUT2D eigenvalue weighted by Gasteiger charge is -2.12. The standard InChI is InChI=1S/C12H14F4O2/c1-6(2)4-18-5-8-11(15)9(13)7(3-17)10(14)12(8)16/h6,17H,3-5H2,1-2H3. The first-order valence-electron chi connectivity index (χ1n) is 5.42. The quantitative estimate of drug-likeness (QED) is 0.656. The van der Waals surface area contributed by atoms with Crippen molar-refractivity contribution in [2.45, 2.75) is 27.1 Å². The molecule has 0 aliphatic rings. The van der Waals surface area contributed by atoms with Crippen molar-refractivity contribution >= 4 is 0 Å². The van der Waals surface area contributed by atoms with Crippen molar-refractivity contribution in [1.29, 1.82) is 0 Å². The topological polar surface area (TPSA) is 29.5 Å². The third kappa shape index (κ3) is 3.00. The Morgan fingerprint density at radius 3 is 1.78 bits per heavy atom. The van der Waals surface area contributed by atoms with Gasteiger partial charge in [-0.2, -0.15) is 0 Å². The molecular weight excluding hydrogens is 252 g/mol. The molecule has 0 spiro atoms. The second-order valence-corrected chi connectivity index (χ2v) is 4.28. The van der Waals surface area contributed by atoms with Crippen molar-refractivity contribution in [2.75, 3.05) is 6.61 Å². The summed E-state index contributed by atoms with van der Waals surface area (Å²) < 4.78 is 58.4. The van der Waals surface area contributed by atoms with Crippen LogP contribution in [0.4, 0.5) is 17.6 Å². The molecule has 0 amide bonds. The summed E-state index contributed by atoms with van der Waals surface area (Å²) in [6.07, 6.45) is 0. The van der Waals surface area contributed by atoms with Crippen molar-refractivity contribution in [2.24, 2.45) is 5.92 Å². The third-order valence-corrected chi connectivity index (χ3v) is 2.30. The number of halogens is 4. The summed E-state index contributed by atoms with van der Waals surface area (Å²) in [5.74, 6) is -6.09. The van der Waals surface area contributed by atoms with Crippen LogP contribution >= 0.6 is 0 Å². The molecule has 0 fully saturated rings. The summed E-state index contributed by atoms with van der Waals surface area (Å²) in [4.78, 5) is 0. The summed E-state index contributed by atoms with van der Waals surface area (Å²) in [7, 11) is 0. The zero-order valence-electron chi connectivity index (χ0n) is 10.1. The van der Waals surface area contributed by atoms with Crippen LogP contribution < -0.4 is 0 Å². The van der Waals surface area contributed by atoms with Crippen molar-refractivity contribution < 1.29 is 27.4 Å². The fourth-order valence-corrected chi connectivity index (χ4v) is 1.38. The molecule has 0 aliphatic carbocycles. The molecule has 0 atom stereocenters. The number of aliphatic hydroxyl groups is 1. The van der Waals surface area contributed by atoms with Crippen LogP contribution in [0.25, 0.3) is 0 Å². The van der Waals surface area contributed by atoms with E-state index in [0.29, 0.717) is 0 Å². The number of benzene rings is 1. The molecule has 1 aromatic carbocycles. The van der Waals surface area contributed by atoms with Gasteiger partial charge in [-0.25, -0.2) is 17.6 Å². The van der Waals surface area contributed by atoms with Crippen LogP contribution in [0.3, 0.4) is 0 Å². The van der Waals surface area contributed by atoms with E-state index in [2.05, 4.69) is 0 Å². The van der Waals surface area contributed by atoms with Gasteiger partial charge in [-0.15, -0.1) is 0 Å². The molecule has 1 aromatic rings. The highest BCUT2D eigenvalue weighted by atomic mass is 19.2. The first kappa shape index (κ1) is 14.9. The van der Waals surface area contributed by atoms with Gasteiger partial charge < -0.3 is 9.84 Å². The lowest BCUT2D eigenvalue weighted by molar-refractivity contribution is 0.0915. The van der Waals surface area contributed by atoms with Gasteiger partial charge in [0.15, 0.2) is 23.3 Å². The summed E-state index contributed by atoms with van der Waals surface area (Å²) in [5, 5.41) is 8.64. The highest BCUT2D eigenvalue weighted by Crippen LogP contribution is 2.24. The van der Waals surface area contributed by atoms with Gasteiger partial charge in [-0.1, -0.05) is 13.8 Å². The van der Waals surface area contributed by atoms with Gasteiger partial charge in [0, 0.05) is 6.61 Å². The Bertz CT molecular complexity index is 404. The van der Waals surface area contributed by atoms with E-state index in [1.165, 1.54) is 0 Å². The molecule has 0 unspecified atom stereocenters. The summed E-state index contributed by atoms with van der Waals surface area (Å²) >= 11 is 0. The molecule has 0 saturated heterocycles. The zero-order valence-corrected chi connectivity index (χ0v) is 10.1. The minimum atomic E-state index is -1.58. The predicted molar refractivity (Wildman–Crippen MR) is 56.7 cm³/mol. The number of rotatable bonds is 5. The molecule has 1 N–H and O–H groups in total. The van der Waals surface area contributed by atoms with Crippen LogP contribution in [0.1, 0.15) is 25.0 Å². The Morgan fingerprint density at radius 2 is 1.39 bits per heavy atom. The van der Waals surface area contributed by atoms with E-state index in [1.807, 2.05) is 13.8 Å². The Morgan fingerprint density at radius 1 is 0.944 bits per heavy atom. The zero-order chi connectivity index (χ0) is 13.9. The Kier molecular flexibility index (Phi) is 5.10. The van der Waals surface area contributed by atoms with Crippen molar-refractivity contribution in [3.63, 3.8) is 0 Å². The second kappa shape index (κ2) is 6.15. The van der Waals surface area contributed by atoms with Crippen molar-refractivity contribution in [3.8, 4) is 0 Å². The van der Waals surface area contributed by atoms with Crippen molar-refractivity contribution in [1.82, 2.24) is 0 Å². The van der Waals surface area contributed by atoms with Crippen LogP contribution in [-0.4, -0.2) is 11.7 Å². The Hall–Kier alpha value is -1.14. The van der Waals surface area contributed by atoms with E-state index in [0.717, 1.165) is 0 Å². The van der Waals surface area contributed by atoms with E-state index in [1.54, 1.807) is 0 Å². The van der Waals surface area contributed by atoms with Gasteiger partial charge in [-0.05, 0) is 5.92 Å². The van der Waals surface area contributed by atoms with Crippen LogP contribution in [-0.2, 0) is 18.0 Å². The van der Waals surface area contributed by atoms with Crippen LogP contribution in [0, 0.1) is 29.2 Å². The van der Waals surface area contributed by atoms with E-state index >= 15 is 0 Å². The summed E-state index contributed by atoms with van der Waals surface area (Å²) in [6, 6.07) is 0.